The molecule has 8 nitrogen and oxygen atoms in total. The third-order valence-electron chi connectivity index (χ3n) is 5.57. The summed E-state index contributed by atoms with van der Waals surface area (Å²) in [7, 11) is -0.621. The predicted octanol–water partition coefficient (Wildman–Crippen LogP) is 4.10. The van der Waals surface area contributed by atoms with Crippen LogP contribution >= 0.6 is 0 Å². The van der Waals surface area contributed by atoms with Gasteiger partial charge in [0.05, 0.1) is 39.3 Å². The molecule has 3 aromatic rings. The summed E-state index contributed by atoms with van der Waals surface area (Å²) in [5.41, 5.74) is 3.80. The van der Waals surface area contributed by atoms with Gasteiger partial charge in [-0.25, -0.2) is 8.42 Å². The van der Waals surface area contributed by atoms with Crippen molar-refractivity contribution in [1.29, 1.82) is 0 Å². The molecule has 0 aliphatic rings. The number of carbonyl (C=O) groups excluding carboxylic acids is 1. The monoisotopic (exact) mass is 512 g/mol. The second-order valence-corrected chi connectivity index (χ2v) is 10.3. The number of hydrogen-bond acceptors (Lipinski definition) is 6. The standard InChI is InChI=1S/C27H32N2O6S/c1-19-6-13-25(20(2)16-19)35-15-14-28-27(30)22-9-7-21(8-10-22)18-29(36(5,31)32)24-12-11-23(33-3)17-26(24)34-4/h6-13,16-17H,14-15,18H2,1-5H3,(H,28,30). The second kappa shape index (κ2) is 11.8. The first-order valence-corrected chi connectivity index (χ1v) is 13.2. The Labute approximate surface area is 212 Å². The summed E-state index contributed by atoms with van der Waals surface area (Å²) in [5, 5.41) is 2.84. The minimum absolute atomic E-state index is 0.0765. The lowest BCUT2D eigenvalue weighted by Gasteiger charge is -2.24. The van der Waals surface area contributed by atoms with E-state index in [1.807, 2.05) is 32.0 Å². The highest BCUT2D eigenvalue weighted by Gasteiger charge is 2.22. The highest BCUT2D eigenvalue weighted by Crippen LogP contribution is 2.34. The average molecular weight is 513 g/mol. The normalized spacial score (nSPS) is 11.0. The molecule has 0 atom stereocenters. The largest absolute Gasteiger partial charge is 0.497 e. The fourth-order valence-electron chi connectivity index (χ4n) is 3.69. The van der Waals surface area contributed by atoms with E-state index >= 15 is 0 Å². The number of carbonyl (C=O) groups is 1. The Hall–Kier alpha value is -3.72. The third kappa shape index (κ3) is 6.91. The first kappa shape index (κ1) is 26.9. The molecule has 0 aliphatic heterocycles. The second-order valence-electron chi connectivity index (χ2n) is 8.38. The van der Waals surface area contributed by atoms with Crippen LogP contribution < -0.4 is 23.8 Å². The number of benzene rings is 3. The Balaban J connectivity index is 1.63. The van der Waals surface area contributed by atoms with E-state index in [2.05, 4.69) is 5.32 Å². The van der Waals surface area contributed by atoms with Gasteiger partial charge >= 0.3 is 0 Å². The molecular formula is C27H32N2O6S. The van der Waals surface area contributed by atoms with Crippen LogP contribution in [-0.4, -0.2) is 48.0 Å². The maximum Gasteiger partial charge on any atom is 0.251 e. The van der Waals surface area contributed by atoms with E-state index in [1.165, 1.54) is 24.1 Å². The Kier molecular flexibility index (Phi) is 8.82. The summed E-state index contributed by atoms with van der Waals surface area (Å²) in [4.78, 5) is 12.5. The van der Waals surface area contributed by atoms with E-state index in [4.69, 9.17) is 14.2 Å². The molecule has 3 aromatic carbocycles. The van der Waals surface area contributed by atoms with E-state index < -0.39 is 10.0 Å². The molecule has 36 heavy (non-hydrogen) atoms. The molecule has 0 heterocycles. The summed E-state index contributed by atoms with van der Waals surface area (Å²) >= 11 is 0. The number of amides is 1. The number of hydrogen-bond donors (Lipinski definition) is 1. The number of ether oxygens (including phenoxy) is 3. The van der Waals surface area contributed by atoms with Gasteiger partial charge in [0, 0.05) is 11.6 Å². The molecular weight excluding hydrogens is 480 g/mol. The van der Waals surface area contributed by atoms with Crippen LogP contribution in [0.1, 0.15) is 27.0 Å². The smallest absolute Gasteiger partial charge is 0.251 e. The van der Waals surface area contributed by atoms with E-state index in [0.717, 1.165) is 17.6 Å². The van der Waals surface area contributed by atoms with Crippen LogP contribution in [0, 0.1) is 13.8 Å². The Morgan fingerprint density at radius 3 is 2.25 bits per heavy atom. The van der Waals surface area contributed by atoms with Crippen molar-refractivity contribution in [3.8, 4) is 17.2 Å². The zero-order valence-corrected chi connectivity index (χ0v) is 22.0. The van der Waals surface area contributed by atoms with Crippen LogP contribution in [0.4, 0.5) is 5.69 Å². The molecule has 0 spiro atoms. The van der Waals surface area contributed by atoms with Crippen molar-refractivity contribution in [3.05, 3.63) is 82.9 Å². The molecule has 0 fully saturated rings. The summed E-state index contributed by atoms with van der Waals surface area (Å²) in [5.74, 6) is 1.49. The molecule has 0 aliphatic carbocycles. The van der Waals surface area contributed by atoms with Crippen molar-refractivity contribution in [2.24, 2.45) is 0 Å². The minimum atomic E-state index is -3.62. The van der Waals surface area contributed by atoms with Gasteiger partial charge in [-0.3, -0.25) is 9.10 Å². The van der Waals surface area contributed by atoms with Gasteiger partial charge in [-0.1, -0.05) is 29.8 Å². The fraction of sp³-hybridized carbons (Fsp3) is 0.296. The lowest BCUT2D eigenvalue weighted by Crippen LogP contribution is -2.30. The number of anilines is 1. The van der Waals surface area contributed by atoms with Crippen LogP contribution in [0.25, 0.3) is 0 Å². The van der Waals surface area contributed by atoms with Crippen molar-refractivity contribution >= 4 is 21.6 Å². The van der Waals surface area contributed by atoms with Gasteiger partial charge in [-0.05, 0) is 55.3 Å². The van der Waals surface area contributed by atoms with Gasteiger partial charge in [0.2, 0.25) is 10.0 Å². The van der Waals surface area contributed by atoms with Gasteiger partial charge in [0.1, 0.15) is 23.9 Å². The average Bonchev–Trinajstić information content (AvgIpc) is 2.85. The van der Waals surface area contributed by atoms with Crippen LogP contribution in [0.2, 0.25) is 0 Å². The molecule has 1 amide bonds. The Morgan fingerprint density at radius 1 is 0.917 bits per heavy atom. The van der Waals surface area contributed by atoms with Crippen LogP contribution in [0.15, 0.2) is 60.7 Å². The maximum absolute atomic E-state index is 12.6. The summed E-state index contributed by atoms with van der Waals surface area (Å²) in [6.07, 6.45) is 1.14. The molecule has 0 radical (unpaired) electrons. The maximum atomic E-state index is 12.6. The lowest BCUT2D eigenvalue weighted by molar-refractivity contribution is 0.0947. The molecule has 3 rings (SSSR count). The summed E-state index contributed by atoms with van der Waals surface area (Å²) < 4.78 is 42.8. The van der Waals surface area contributed by atoms with Gasteiger partial charge in [-0.2, -0.15) is 0 Å². The molecule has 0 saturated carbocycles. The summed E-state index contributed by atoms with van der Waals surface area (Å²) in [6, 6.07) is 17.7. The minimum Gasteiger partial charge on any atom is -0.497 e. The van der Waals surface area contributed by atoms with Crippen LogP contribution in [-0.2, 0) is 16.6 Å². The molecule has 192 valence electrons. The number of aryl methyl sites for hydroxylation is 2. The Morgan fingerprint density at radius 2 is 1.64 bits per heavy atom. The van der Waals surface area contributed by atoms with Gasteiger partial charge in [0.15, 0.2) is 0 Å². The van der Waals surface area contributed by atoms with Gasteiger partial charge in [-0.15, -0.1) is 0 Å². The van der Waals surface area contributed by atoms with Crippen molar-refractivity contribution in [1.82, 2.24) is 5.32 Å². The summed E-state index contributed by atoms with van der Waals surface area (Å²) in [6.45, 7) is 4.79. The van der Waals surface area contributed by atoms with Crippen molar-refractivity contribution in [3.63, 3.8) is 0 Å². The quantitative estimate of drug-likeness (QED) is 0.389. The molecule has 1 N–H and O–H groups in total. The van der Waals surface area contributed by atoms with E-state index in [0.29, 0.717) is 41.5 Å². The highest BCUT2D eigenvalue weighted by atomic mass is 32.2. The highest BCUT2D eigenvalue weighted by molar-refractivity contribution is 7.92. The topological polar surface area (TPSA) is 94.2 Å². The number of nitrogens with one attached hydrogen (secondary N) is 1. The van der Waals surface area contributed by atoms with Crippen LogP contribution in [0.3, 0.4) is 0 Å². The lowest BCUT2D eigenvalue weighted by atomic mass is 10.1. The van der Waals surface area contributed by atoms with Gasteiger partial charge in [0.25, 0.3) is 5.91 Å². The Bertz CT molecular complexity index is 1310. The number of methoxy groups -OCH3 is 2. The first-order chi connectivity index (χ1) is 17.1. The fourth-order valence-corrected chi connectivity index (χ4v) is 4.58. The zero-order valence-electron chi connectivity index (χ0n) is 21.2. The third-order valence-corrected chi connectivity index (χ3v) is 6.70. The van der Waals surface area contributed by atoms with E-state index in [9.17, 15) is 13.2 Å². The van der Waals surface area contributed by atoms with Gasteiger partial charge < -0.3 is 19.5 Å². The molecule has 0 saturated heterocycles. The molecule has 9 heteroatoms. The van der Waals surface area contributed by atoms with E-state index in [-0.39, 0.29) is 12.5 Å². The number of rotatable bonds is 11. The number of nitrogens with zero attached hydrogens (tertiary/aromatic N) is 1. The zero-order chi connectivity index (χ0) is 26.3. The molecule has 0 unspecified atom stereocenters. The SMILES string of the molecule is COc1ccc(N(Cc2ccc(C(=O)NCCOc3ccc(C)cc3C)cc2)S(C)(=O)=O)c(OC)c1. The van der Waals surface area contributed by atoms with Crippen molar-refractivity contribution in [2.45, 2.75) is 20.4 Å². The molecule has 0 aromatic heterocycles. The number of sulfonamides is 1. The van der Waals surface area contributed by atoms with Crippen LogP contribution in [0.5, 0.6) is 17.2 Å². The van der Waals surface area contributed by atoms with Crippen molar-refractivity contribution < 1.29 is 27.4 Å². The van der Waals surface area contributed by atoms with E-state index in [1.54, 1.807) is 42.5 Å². The van der Waals surface area contributed by atoms with Crippen molar-refractivity contribution in [2.75, 3.05) is 37.9 Å². The first-order valence-electron chi connectivity index (χ1n) is 11.4. The molecule has 0 bridgehead atoms. The predicted molar refractivity (Wildman–Crippen MR) is 141 cm³/mol.